The lowest BCUT2D eigenvalue weighted by molar-refractivity contribution is -0.582. The number of fused-ring (bicyclic) bond motifs is 1. The van der Waals surface area contributed by atoms with Crippen molar-refractivity contribution in [3.05, 3.63) is 41.9 Å². The fourth-order valence-electron chi connectivity index (χ4n) is 0.965. The Morgan fingerprint density at radius 1 is 1.36 bits per heavy atom. The summed E-state index contributed by atoms with van der Waals surface area (Å²) in [5.74, 6) is 0. The fourth-order valence-corrected chi connectivity index (χ4v) is 0.965. The van der Waals surface area contributed by atoms with Crippen molar-refractivity contribution in [2.75, 3.05) is 0 Å². The maximum Gasteiger partial charge on any atom is 0.310 e. The summed E-state index contributed by atoms with van der Waals surface area (Å²) in [6.07, 6.45) is 3.79. The molecule has 1 heterocycles. The van der Waals surface area contributed by atoms with Gasteiger partial charge >= 0.3 is 6.20 Å². The molecule has 3 heteroatoms. The molecule has 0 aliphatic rings. The number of nitrogens with zero attached hydrogens (tertiary/aromatic N) is 2. The number of hydrogen-bond donors (Lipinski definition) is 0. The number of rotatable bonds is 0. The predicted molar refractivity (Wildman–Crippen MR) is 39.5 cm³/mol. The van der Waals surface area contributed by atoms with Crippen LogP contribution < -0.4 is 4.73 Å². The molecule has 2 aromatic rings. The van der Waals surface area contributed by atoms with Gasteiger partial charge in [-0.25, -0.2) is 4.98 Å². The van der Waals surface area contributed by atoms with Crippen LogP contribution in [0.1, 0.15) is 0 Å². The minimum absolute atomic E-state index is 0.551. The molecule has 11 heavy (non-hydrogen) atoms. The second-order valence-corrected chi connectivity index (χ2v) is 2.17. The van der Waals surface area contributed by atoms with Gasteiger partial charge in [-0.05, 0) is 6.07 Å². The normalized spacial score (nSPS) is 10.2. The summed E-state index contributed by atoms with van der Waals surface area (Å²) in [4.78, 5) is 3.97. The van der Waals surface area contributed by atoms with Gasteiger partial charge in [0.1, 0.15) is 11.7 Å². The van der Waals surface area contributed by atoms with Gasteiger partial charge in [0.25, 0.3) is 0 Å². The predicted octanol–water partition coefficient (Wildman–Crippen LogP) is 0.668. The van der Waals surface area contributed by atoms with E-state index in [0.29, 0.717) is 15.8 Å². The minimum Gasteiger partial charge on any atom is -0.618 e. The molecule has 0 unspecified atom stereocenters. The Bertz CT molecular complexity index is 381. The van der Waals surface area contributed by atoms with E-state index >= 15 is 0 Å². The van der Waals surface area contributed by atoms with Crippen molar-refractivity contribution in [2.45, 2.75) is 0 Å². The third-order valence-corrected chi connectivity index (χ3v) is 1.48. The van der Waals surface area contributed by atoms with Crippen molar-refractivity contribution in [1.82, 2.24) is 4.98 Å². The molecule has 2 rings (SSSR count). The molecule has 1 aromatic heterocycles. The first kappa shape index (κ1) is 6.09. The van der Waals surface area contributed by atoms with Crippen LogP contribution in [0.15, 0.2) is 30.5 Å². The molecular formula is C8H5N2O. The Kier molecular flexibility index (Phi) is 1.22. The van der Waals surface area contributed by atoms with Crippen LogP contribution in [0.4, 0.5) is 0 Å². The lowest BCUT2D eigenvalue weighted by Gasteiger charge is -1.96. The number of hydrogen-bond acceptors (Lipinski definition) is 2. The highest BCUT2D eigenvalue weighted by Crippen LogP contribution is 2.02. The van der Waals surface area contributed by atoms with Crippen LogP contribution in [0.2, 0.25) is 0 Å². The third-order valence-electron chi connectivity index (χ3n) is 1.48. The average molecular weight is 145 g/mol. The van der Waals surface area contributed by atoms with Crippen molar-refractivity contribution in [3.8, 4) is 0 Å². The van der Waals surface area contributed by atoms with E-state index in [1.165, 1.54) is 6.20 Å². The van der Waals surface area contributed by atoms with Crippen LogP contribution in [0.5, 0.6) is 0 Å². The van der Waals surface area contributed by atoms with Gasteiger partial charge in [-0.15, -0.1) is 0 Å². The second-order valence-electron chi connectivity index (χ2n) is 2.17. The minimum atomic E-state index is 0.551. The highest BCUT2D eigenvalue weighted by molar-refractivity contribution is 5.69. The average Bonchev–Trinajstić information content (AvgIpc) is 2.06. The molecule has 0 aliphatic heterocycles. The molecule has 0 amide bonds. The van der Waals surface area contributed by atoms with Gasteiger partial charge in [-0.3, -0.25) is 0 Å². The Morgan fingerprint density at radius 3 is 3.00 bits per heavy atom. The number of para-hydroxylation sites is 2. The van der Waals surface area contributed by atoms with Gasteiger partial charge in [-0.2, -0.15) is 4.73 Å². The smallest absolute Gasteiger partial charge is 0.310 e. The second kappa shape index (κ2) is 2.20. The van der Waals surface area contributed by atoms with E-state index in [9.17, 15) is 5.21 Å². The highest BCUT2D eigenvalue weighted by Gasteiger charge is 2.00. The van der Waals surface area contributed by atoms with Crippen LogP contribution in [0.25, 0.3) is 11.0 Å². The van der Waals surface area contributed by atoms with Gasteiger partial charge in [0.2, 0.25) is 5.52 Å². The van der Waals surface area contributed by atoms with E-state index in [2.05, 4.69) is 11.2 Å². The summed E-state index contributed by atoms with van der Waals surface area (Å²) in [5, 5.41) is 11.0. The maximum atomic E-state index is 11.0. The quantitative estimate of drug-likeness (QED) is 0.403. The molecule has 1 radical (unpaired) electrons. The van der Waals surface area contributed by atoms with Crippen LogP contribution in [0, 0.1) is 11.4 Å². The van der Waals surface area contributed by atoms with Gasteiger partial charge in [0, 0.05) is 6.07 Å². The zero-order chi connectivity index (χ0) is 7.68. The molecule has 0 saturated heterocycles. The zero-order valence-corrected chi connectivity index (χ0v) is 5.69. The van der Waals surface area contributed by atoms with Gasteiger partial charge < -0.3 is 5.21 Å². The zero-order valence-electron chi connectivity index (χ0n) is 5.69. The van der Waals surface area contributed by atoms with Crippen LogP contribution in [-0.4, -0.2) is 4.98 Å². The van der Waals surface area contributed by atoms with Gasteiger partial charge in [0.15, 0.2) is 0 Å². The van der Waals surface area contributed by atoms with E-state index < -0.39 is 0 Å². The molecular weight excluding hydrogens is 140 g/mol. The molecule has 0 bridgehead atoms. The first-order valence-corrected chi connectivity index (χ1v) is 3.23. The van der Waals surface area contributed by atoms with Crippen LogP contribution >= 0.6 is 0 Å². The Morgan fingerprint density at radius 2 is 2.18 bits per heavy atom. The molecule has 0 aliphatic carbocycles. The third kappa shape index (κ3) is 0.902. The lowest BCUT2D eigenvalue weighted by Crippen LogP contribution is -2.26. The van der Waals surface area contributed by atoms with E-state index in [1.807, 2.05) is 6.07 Å². The van der Waals surface area contributed by atoms with Gasteiger partial charge in [0.05, 0.1) is 0 Å². The van der Waals surface area contributed by atoms with Crippen molar-refractivity contribution in [3.63, 3.8) is 0 Å². The lowest BCUT2D eigenvalue weighted by atomic mass is 10.3. The van der Waals surface area contributed by atoms with Crippen LogP contribution in [0.3, 0.4) is 0 Å². The van der Waals surface area contributed by atoms with Crippen molar-refractivity contribution in [1.29, 1.82) is 0 Å². The van der Waals surface area contributed by atoms with E-state index in [-0.39, 0.29) is 0 Å². The van der Waals surface area contributed by atoms with Crippen molar-refractivity contribution >= 4 is 11.0 Å². The molecule has 3 nitrogen and oxygen atoms in total. The highest BCUT2D eigenvalue weighted by atomic mass is 16.5. The molecule has 0 spiro atoms. The maximum absolute atomic E-state index is 11.0. The SMILES string of the molecule is [O-][n+]1[c]cnc2ccccc21. The number of aromatic nitrogens is 2. The summed E-state index contributed by atoms with van der Waals surface area (Å²) in [7, 11) is 0. The standard InChI is InChI=1S/C8H5N2O/c11-10-6-5-9-7-3-1-2-4-8(7)10/h1-5H. The van der Waals surface area contributed by atoms with Crippen molar-refractivity contribution in [2.24, 2.45) is 0 Å². The molecule has 0 N–H and O–H groups in total. The Labute approximate surface area is 63.5 Å². The fraction of sp³-hybridized carbons (Fsp3) is 0. The number of benzene rings is 1. The van der Waals surface area contributed by atoms with E-state index in [4.69, 9.17) is 0 Å². The summed E-state index contributed by atoms with van der Waals surface area (Å²) in [6, 6.07) is 7.14. The van der Waals surface area contributed by atoms with E-state index in [0.717, 1.165) is 0 Å². The molecule has 53 valence electrons. The first-order valence-electron chi connectivity index (χ1n) is 3.23. The molecule has 1 aromatic carbocycles. The monoisotopic (exact) mass is 145 g/mol. The molecule has 0 saturated carbocycles. The Balaban J connectivity index is 2.91. The van der Waals surface area contributed by atoms with E-state index in [1.54, 1.807) is 18.2 Å². The molecule has 0 fully saturated rings. The molecule has 0 atom stereocenters. The summed E-state index contributed by atoms with van der Waals surface area (Å²) in [6.45, 7) is 0. The Hall–Kier alpha value is -1.64. The largest absolute Gasteiger partial charge is 0.618 e. The van der Waals surface area contributed by atoms with Crippen molar-refractivity contribution < 1.29 is 4.73 Å². The van der Waals surface area contributed by atoms with Crippen LogP contribution in [-0.2, 0) is 0 Å². The topological polar surface area (TPSA) is 39.8 Å². The van der Waals surface area contributed by atoms with Gasteiger partial charge in [-0.1, -0.05) is 12.1 Å². The summed E-state index contributed by atoms with van der Waals surface area (Å²) in [5.41, 5.74) is 1.25. The summed E-state index contributed by atoms with van der Waals surface area (Å²) >= 11 is 0. The summed E-state index contributed by atoms with van der Waals surface area (Å²) < 4.78 is 0.683. The first-order chi connectivity index (χ1) is 5.38.